The van der Waals surface area contributed by atoms with E-state index in [4.69, 9.17) is 0 Å². The van der Waals surface area contributed by atoms with Crippen LogP contribution >= 0.6 is 0 Å². The third kappa shape index (κ3) is 3.59. The van der Waals surface area contributed by atoms with Crippen LogP contribution < -0.4 is 4.72 Å². The molecule has 21 heavy (non-hydrogen) atoms. The van der Waals surface area contributed by atoms with E-state index in [1.165, 1.54) is 24.3 Å². The SMILES string of the molecule is C[C@@H]1[C@H](C)CCC[C@@H]1NS(=O)(=O)c1ccc([N+](=O)[O-])cc1. The van der Waals surface area contributed by atoms with Gasteiger partial charge in [-0.1, -0.05) is 26.7 Å². The van der Waals surface area contributed by atoms with Gasteiger partial charge in [-0.3, -0.25) is 10.1 Å². The Morgan fingerprint density at radius 3 is 2.38 bits per heavy atom. The van der Waals surface area contributed by atoms with Crippen molar-refractivity contribution in [2.45, 2.75) is 44.0 Å². The molecule has 1 N–H and O–H groups in total. The van der Waals surface area contributed by atoms with Gasteiger partial charge in [0.25, 0.3) is 5.69 Å². The smallest absolute Gasteiger partial charge is 0.258 e. The van der Waals surface area contributed by atoms with Crippen LogP contribution in [0.2, 0.25) is 0 Å². The number of nitrogens with one attached hydrogen (secondary N) is 1. The second kappa shape index (κ2) is 6.11. The Labute approximate surface area is 124 Å². The third-order valence-electron chi connectivity index (χ3n) is 4.37. The van der Waals surface area contributed by atoms with Crippen LogP contribution in [0.4, 0.5) is 5.69 Å². The van der Waals surface area contributed by atoms with E-state index in [9.17, 15) is 18.5 Å². The molecular weight excluding hydrogens is 292 g/mol. The number of rotatable bonds is 4. The molecule has 0 bridgehead atoms. The van der Waals surface area contributed by atoms with E-state index < -0.39 is 14.9 Å². The lowest BCUT2D eigenvalue weighted by Gasteiger charge is -2.34. The van der Waals surface area contributed by atoms with E-state index in [1.807, 2.05) is 0 Å². The van der Waals surface area contributed by atoms with Gasteiger partial charge < -0.3 is 0 Å². The number of non-ortho nitro benzene ring substituents is 1. The highest BCUT2D eigenvalue weighted by Gasteiger charge is 2.30. The molecular formula is C14H20N2O4S. The first-order valence-electron chi connectivity index (χ1n) is 7.08. The van der Waals surface area contributed by atoms with Gasteiger partial charge in [-0.2, -0.15) is 0 Å². The Hall–Kier alpha value is -1.47. The van der Waals surface area contributed by atoms with Gasteiger partial charge in [0.05, 0.1) is 9.82 Å². The van der Waals surface area contributed by atoms with Crippen molar-refractivity contribution in [3.8, 4) is 0 Å². The molecule has 116 valence electrons. The highest BCUT2D eigenvalue weighted by atomic mass is 32.2. The predicted octanol–water partition coefficient (Wildman–Crippen LogP) is 2.70. The minimum Gasteiger partial charge on any atom is -0.258 e. The highest BCUT2D eigenvalue weighted by Crippen LogP contribution is 2.30. The first-order valence-corrected chi connectivity index (χ1v) is 8.56. The summed E-state index contributed by atoms with van der Waals surface area (Å²) in [6.45, 7) is 4.20. The Morgan fingerprint density at radius 1 is 1.19 bits per heavy atom. The van der Waals surface area contributed by atoms with Gasteiger partial charge in [0.1, 0.15) is 0 Å². The van der Waals surface area contributed by atoms with E-state index in [-0.39, 0.29) is 22.5 Å². The van der Waals surface area contributed by atoms with Gasteiger partial charge in [-0.25, -0.2) is 13.1 Å². The fraction of sp³-hybridized carbons (Fsp3) is 0.571. The topological polar surface area (TPSA) is 89.3 Å². The zero-order chi connectivity index (χ0) is 15.6. The number of nitro benzene ring substituents is 1. The normalized spacial score (nSPS) is 26.5. The second-order valence-corrected chi connectivity index (χ2v) is 7.46. The molecule has 1 aliphatic rings. The number of benzene rings is 1. The maximum atomic E-state index is 12.4. The van der Waals surface area contributed by atoms with Gasteiger partial charge in [0, 0.05) is 18.2 Å². The average Bonchev–Trinajstić information content (AvgIpc) is 2.44. The van der Waals surface area contributed by atoms with Crippen LogP contribution in [-0.2, 0) is 10.0 Å². The Balaban J connectivity index is 2.16. The monoisotopic (exact) mass is 312 g/mol. The van der Waals surface area contributed by atoms with Crippen LogP contribution in [0.5, 0.6) is 0 Å². The van der Waals surface area contributed by atoms with Gasteiger partial charge in [0.2, 0.25) is 10.0 Å². The van der Waals surface area contributed by atoms with E-state index in [1.54, 1.807) is 0 Å². The lowest BCUT2D eigenvalue weighted by atomic mass is 9.78. The average molecular weight is 312 g/mol. The molecule has 0 aromatic heterocycles. The molecule has 0 amide bonds. The summed E-state index contributed by atoms with van der Waals surface area (Å²) in [5.41, 5.74) is -0.117. The number of hydrogen-bond acceptors (Lipinski definition) is 4. The molecule has 1 saturated carbocycles. The molecule has 1 aromatic rings. The Morgan fingerprint density at radius 2 is 1.81 bits per heavy atom. The van der Waals surface area contributed by atoms with Gasteiger partial charge in [-0.15, -0.1) is 0 Å². The summed E-state index contributed by atoms with van der Waals surface area (Å²) in [5.74, 6) is 0.773. The minimum atomic E-state index is -3.63. The van der Waals surface area contributed by atoms with Crippen molar-refractivity contribution >= 4 is 15.7 Å². The predicted molar refractivity (Wildman–Crippen MR) is 79.4 cm³/mol. The Bertz CT molecular complexity index is 612. The van der Waals surface area contributed by atoms with Crippen molar-refractivity contribution in [3.63, 3.8) is 0 Å². The zero-order valence-corrected chi connectivity index (χ0v) is 13.0. The number of hydrogen-bond donors (Lipinski definition) is 1. The Kier molecular flexibility index (Phi) is 4.63. The molecule has 1 fully saturated rings. The van der Waals surface area contributed by atoms with Crippen LogP contribution in [0.25, 0.3) is 0 Å². The molecule has 7 heteroatoms. The maximum Gasteiger partial charge on any atom is 0.269 e. The van der Waals surface area contributed by atoms with Crippen LogP contribution in [0, 0.1) is 22.0 Å². The van der Waals surface area contributed by atoms with Crippen molar-refractivity contribution < 1.29 is 13.3 Å². The zero-order valence-electron chi connectivity index (χ0n) is 12.2. The third-order valence-corrected chi connectivity index (χ3v) is 5.88. The summed E-state index contributed by atoms with van der Waals surface area (Å²) < 4.78 is 27.4. The quantitative estimate of drug-likeness (QED) is 0.683. The lowest BCUT2D eigenvalue weighted by Crippen LogP contribution is -2.43. The molecule has 1 aromatic carbocycles. The first-order chi connectivity index (χ1) is 9.81. The highest BCUT2D eigenvalue weighted by molar-refractivity contribution is 7.89. The second-order valence-electron chi connectivity index (χ2n) is 5.75. The maximum absolute atomic E-state index is 12.4. The molecule has 0 saturated heterocycles. The molecule has 3 atom stereocenters. The molecule has 0 aliphatic heterocycles. The summed E-state index contributed by atoms with van der Waals surface area (Å²) in [7, 11) is -3.63. The lowest BCUT2D eigenvalue weighted by molar-refractivity contribution is -0.384. The standard InChI is InChI=1S/C14H20N2O4S/c1-10-4-3-5-14(11(10)2)15-21(19,20)13-8-6-12(7-9-13)16(17)18/h6-11,14-15H,3-5H2,1-2H3/t10-,11-,14+/m1/s1. The van der Waals surface area contributed by atoms with Crippen molar-refractivity contribution in [1.82, 2.24) is 4.72 Å². The van der Waals surface area contributed by atoms with Crippen molar-refractivity contribution in [1.29, 1.82) is 0 Å². The molecule has 1 aliphatic carbocycles. The molecule has 0 spiro atoms. The fourth-order valence-corrected chi connectivity index (χ4v) is 4.12. The first kappa shape index (κ1) is 15.9. The summed E-state index contributed by atoms with van der Waals surface area (Å²) in [6, 6.07) is 4.89. The van der Waals surface area contributed by atoms with Crippen molar-refractivity contribution in [2.24, 2.45) is 11.8 Å². The van der Waals surface area contributed by atoms with E-state index in [2.05, 4.69) is 18.6 Å². The van der Waals surface area contributed by atoms with Crippen LogP contribution in [0.1, 0.15) is 33.1 Å². The van der Waals surface area contributed by atoms with Gasteiger partial charge in [0.15, 0.2) is 0 Å². The van der Waals surface area contributed by atoms with Gasteiger partial charge >= 0.3 is 0 Å². The van der Waals surface area contributed by atoms with Gasteiger partial charge in [-0.05, 0) is 30.4 Å². The van der Waals surface area contributed by atoms with Crippen molar-refractivity contribution in [2.75, 3.05) is 0 Å². The minimum absolute atomic E-state index is 0.0681. The molecule has 0 unspecified atom stereocenters. The largest absolute Gasteiger partial charge is 0.269 e. The number of sulfonamides is 1. The molecule has 2 rings (SSSR count). The number of nitrogens with zero attached hydrogens (tertiary/aromatic N) is 1. The summed E-state index contributed by atoms with van der Waals surface area (Å²) in [6.07, 6.45) is 2.97. The van der Waals surface area contributed by atoms with Crippen LogP contribution in [0.3, 0.4) is 0 Å². The molecule has 6 nitrogen and oxygen atoms in total. The molecule has 0 heterocycles. The summed E-state index contributed by atoms with van der Waals surface area (Å²) >= 11 is 0. The van der Waals surface area contributed by atoms with E-state index in [0.717, 1.165) is 19.3 Å². The van der Waals surface area contributed by atoms with Crippen LogP contribution in [-0.4, -0.2) is 19.4 Å². The summed E-state index contributed by atoms with van der Waals surface area (Å²) in [4.78, 5) is 10.1. The molecule has 0 radical (unpaired) electrons. The fourth-order valence-electron chi connectivity index (χ4n) is 2.76. The van der Waals surface area contributed by atoms with E-state index >= 15 is 0 Å². The van der Waals surface area contributed by atoms with Crippen LogP contribution in [0.15, 0.2) is 29.2 Å². The van der Waals surface area contributed by atoms with E-state index in [0.29, 0.717) is 5.92 Å². The van der Waals surface area contributed by atoms with Crippen molar-refractivity contribution in [3.05, 3.63) is 34.4 Å². The number of nitro groups is 1. The summed E-state index contributed by atoms with van der Waals surface area (Å²) in [5, 5.41) is 10.6.